The molecule has 0 aliphatic carbocycles. The highest BCUT2D eigenvalue weighted by Gasteiger charge is 2.36. The molecular formula is C12H13F3N2O. The van der Waals surface area contributed by atoms with E-state index < -0.39 is 29.7 Å². The molecule has 2 rings (SSSR count). The lowest BCUT2D eigenvalue weighted by molar-refractivity contribution is -0.139. The van der Waals surface area contributed by atoms with Crippen molar-refractivity contribution in [1.29, 1.82) is 0 Å². The third-order valence-electron chi connectivity index (χ3n) is 3.06. The van der Waals surface area contributed by atoms with E-state index in [1.165, 1.54) is 18.2 Å². The molecule has 0 radical (unpaired) electrons. The maximum Gasteiger partial charge on any atom is 0.416 e. The molecule has 1 saturated heterocycles. The SMILES string of the molecule is NC1CCC(c2ccccc2C(F)(F)F)NC1=O. The maximum absolute atomic E-state index is 12.8. The summed E-state index contributed by atoms with van der Waals surface area (Å²) in [6.45, 7) is 0. The van der Waals surface area contributed by atoms with Crippen molar-refractivity contribution >= 4 is 5.91 Å². The van der Waals surface area contributed by atoms with Crippen LogP contribution < -0.4 is 11.1 Å². The van der Waals surface area contributed by atoms with Gasteiger partial charge in [0.1, 0.15) is 0 Å². The van der Waals surface area contributed by atoms with Crippen LogP contribution in [0.25, 0.3) is 0 Å². The van der Waals surface area contributed by atoms with Gasteiger partial charge in [-0.05, 0) is 24.5 Å². The minimum atomic E-state index is -4.42. The Labute approximate surface area is 102 Å². The first-order valence-electron chi connectivity index (χ1n) is 5.61. The second-order valence-corrected chi connectivity index (χ2v) is 4.33. The monoisotopic (exact) mass is 258 g/mol. The third-order valence-corrected chi connectivity index (χ3v) is 3.06. The molecule has 0 bridgehead atoms. The first kappa shape index (κ1) is 12.9. The summed E-state index contributed by atoms with van der Waals surface area (Å²) in [4.78, 5) is 11.4. The quantitative estimate of drug-likeness (QED) is 0.809. The van der Waals surface area contributed by atoms with Crippen molar-refractivity contribution < 1.29 is 18.0 Å². The Kier molecular flexibility index (Phi) is 3.30. The highest BCUT2D eigenvalue weighted by atomic mass is 19.4. The van der Waals surface area contributed by atoms with Gasteiger partial charge in [-0.2, -0.15) is 13.2 Å². The average molecular weight is 258 g/mol. The zero-order valence-electron chi connectivity index (χ0n) is 9.50. The van der Waals surface area contributed by atoms with Gasteiger partial charge in [0.15, 0.2) is 0 Å². The van der Waals surface area contributed by atoms with Crippen LogP contribution in [0, 0.1) is 0 Å². The summed E-state index contributed by atoms with van der Waals surface area (Å²) in [6, 6.07) is 4.05. The lowest BCUT2D eigenvalue weighted by atomic mass is 9.91. The Morgan fingerprint density at radius 1 is 1.22 bits per heavy atom. The van der Waals surface area contributed by atoms with E-state index in [4.69, 9.17) is 5.73 Å². The molecule has 1 aromatic carbocycles. The number of amides is 1. The van der Waals surface area contributed by atoms with Crippen molar-refractivity contribution in [1.82, 2.24) is 5.32 Å². The molecule has 1 aromatic rings. The summed E-state index contributed by atoms with van der Waals surface area (Å²) in [7, 11) is 0. The van der Waals surface area contributed by atoms with Crippen molar-refractivity contribution in [2.75, 3.05) is 0 Å². The zero-order chi connectivity index (χ0) is 13.3. The minimum absolute atomic E-state index is 0.102. The molecule has 1 amide bonds. The van der Waals surface area contributed by atoms with Crippen LogP contribution in [-0.4, -0.2) is 11.9 Å². The van der Waals surface area contributed by atoms with Crippen LogP contribution in [0.15, 0.2) is 24.3 Å². The van der Waals surface area contributed by atoms with Crippen molar-refractivity contribution in [2.24, 2.45) is 5.73 Å². The smallest absolute Gasteiger partial charge is 0.348 e. The van der Waals surface area contributed by atoms with Gasteiger partial charge in [-0.3, -0.25) is 4.79 Å². The van der Waals surface area contributed by atoms with E-state index in [2.05, 4.69) is 5.32 Å². The number of alkyl halides is 3. The number of carbonyl (C=O) groups excluding carboxylic acids is 1. The number of benzene rings is 1. The van der Waals surface area contributed by atoms with Crippen LogP contribution in [0.4, 0.5) is 13.2 Å². The fourth-order valence-corrected chi connectivity index (χ4v) is 2.12. The van der Waals surface area contributed by atoms with Crippen molar-refractivity contribution in [3.63, 3.8) is 0 Å². The van der Waals surface area contributed by atoms with Gasteiger partial charge in [0, 0.05) is 0 Å². The summed E-state index contributed by atoms with van der Waals surface area (Å²) in [5.41, 5.74) is 4.91. The number of hydrogen-bond acceptors (Lipinski definition) is 2. The molecule has 1 aliphatic heterocycles. The third kappa shape index (κ3) is 2.48. The molecule has 1 fully saturated rings. The fraction of sp³-hybridized carbons (Fsp3) is 0.417. The van der Waals surface area contributed by atoms with Crippen LogP contribution >= 0.6 is 0 Å². The van der Waals surface area contributed by atoms with E-state index >= 15 is 0 Å². The van der Waals surface area contributed by atoms with Crippen LogP contribution in [0.3, 0.4) is 0 Å². The van der Waals surface area contributed by atoms with E-state index in [1.54, 1.807) is 0 Å². The summed E-state index contributed by atoms with van der Waals surface area (Å²) in [6.07, 6.45) is -3.61. The minimum Gasteiger partial charge on any atom is -0.348 e. The highest BCUT2D eigenvalue weighted by Crippen LogP contribution is 2.36. The van der Waals surface area contributed by atoms with E-state index in [-0.39, 0.29) is 5.56 Å². The summed E-state index contributed by atoms with van der Waals surface area (Å²) in [5.74, 6) is -0.400. The van der Waals surface area contributed by atoms with Gasteiger partial charge in [-0.1, -0.05) is 18.2 Å². The van der Waals surface area contributed by atoms with Crippen molar-refractivity contribution in [3.05, 3.63) is 35.4 Å². The first-order chi connectivity index (χ1) is 8.39. The summed E-state index contributed by atoms with van der Waals surface area (Å²) < 4.78 is 38.5. The van der Waals surface area contributed by atoms with E-state index in [0.29, 0.717) is 12.8 Å². The van der Waals surface area contributed by atoms with Gasteiger partial charge in [0.2, 0.25) is 5.91 Å². The Balaban J connectivity index is 2.32. The normalized spacial score (nSPS) is 24.8. The van der Waals surface area contributed by atoms with E-state index in [9.17, 15) is 18.0 Å². The van der Waals surface area contributed by atoms with Crippen LogP contribution in [0.1, 0.15) is 30.0 Å². The van der Waals surface area contributed by atoms with Crippen LogP contribution in [-0.2, 0) is 11.0 Å². The van der Waals surface area contributed by atoms with Gasteiger partial charge in [-0.15, -0.1) is 0 Å². The van der Waals surface area contributed by atoms with Crippen molar-refractivity contribution in [3.8, 4) is 0 Å². The standard InChI is InChI=1S/C12H13F3N2O/c13-12(14,15)8-4-2-1-3-7(8)10-6-5-9(16)11(18)17-10/h1-4,9-10H,5-6,16H2,(H,17,18). The molecule has 1 heterocycles. The molecule has 0 saturated carbocycles. The van der Waals surface area contributed by atoms with Gasteiger partial charge >= 0.3 is 6.18 Å². The number of hydrogen-bond donors (Lipinski definition) is 2. The number of carbonyl (C=O) groups is 1. The molecule has 3 nitrogen and oxygen atoms in total. The molecule has 2 unspecified atom stereocenters. The predicted molar refractivity (Wildman–Crippen MR) is 59.5 cm³/mol. The lowest BCUT2D eigenvalue weighted by Crippen LogP contribution is -2.47. The molecule has 18 heavy (non-hydrogen) atoms. The number of halogens is 3. The van der Waals surface area contributed by atoms with Crippen LogP contribution in [0.2, 0.25) is 0 Å². The zero-order valence-corrected chi connectivity index (χ0v) is 9.50. The largest absolute Gasteiger partial charge is 0.416 e. The molecule has 0 aromatic heterocycles. The Hall–Kier alpha value is -1.56. The Morgan fingerprint density at radius 2 is 1.89 bits per heavy atom. The predicted octanol–water partition coefficient (Wildman–Crippen LogP) is 1.98. The molecule has 3 N–H and O–H groups in total. The Morgan fingerprint density at radius 3 is 2.50 bits per heavy atom. The summed E-state index contributed by atoms with van der Waals surface area (Å²) in [5, 5.41) is 2.53. The molecule has 98 valence electrons. The van der Waals surface area contributed by atoms with Gasteiger partial charge in [-0.25, -0.2) is 0 Å². The molecular weight excluding hydrogens is 245 g/mol. The topological polar surface area (TPSA) is 55.1 Å². The number of rotatable bonds is 1. The van der Waals surface area contributed by atoms with Crippen LogP contribution in [0.5, 0.6) is 0 Å². The van der Waals surface area contributed by atoms with Crippen molar-refractivity contribution in [2.45, 2.75) is 31.1 Å². The summed E-state index contributed by atoms with van der Waals surface area (Å²) >= 11 is 0. The molecule has 6 heteroatoms. The number of nitrogens with one attached hydrogen (secondary N) is 1. The average Bonchev–Trinajstić information content (AvgIpc) is 2.32. The van der Waals surface area contributed by atoms with E-state index in [0.717, 1.165) is 6.07 Å². The van der Waals surface area contributed by atoms with Gasteiger partial charge < -0.3 is 11.1 Å². The maximum atomic E-state index is 12.8. The first-order valence-corrected chi connectivity index (χ1v) is 5.61. The number of nitrogens with two attached hydrogens (primary N) is 1. The van der Waals surface area contributed by atoms with Gasteiger partial charge in [0.05, 0.1) is 17.6 Å². The van der Waals surface area contributed by atoms with Gasteiger partial charge in [0.25, 0.3) is 0 Å². The lowest BCUT2D eigenvalue weighted by Gasteiger charge is -2.29. The number of piperidine rings is 1. The second kappa shape index (κ2) is 4.61. The highest BCUT2D eigenvalue weighted by molar-refractivity contribution is 5.82. The fourth-order valence-electron chi connectivity index (χ4n) is 2.12. The molecule has 1 aliphatic rings. The molecule has 2 atom stereocenters. The Bertz CT molecular complexity index is 459. The molecule has 0 spiro atoms. The van der Waals surface area contributed by atoms with E-state index in [1.807, 2.05) is 0 Å². The second-order valence-electron chi connectivity index (χ2n) is 4.33.